The Hall–Kier alpha value is -8.79. The highest BCUT2D eigenvalue weighted by molar-refractivity contribution is 6.22. The summed E-state index contributed by atoms with van der Waals surface area (Å²) >= 11 is 0. The molecule has 0 N–H and O–H groups in total. The highest BCUT2D eigenvalue weighted by atomic mass is 14.9. The first kappa shape index (κ1) is 36.7. The van der Waals surface area contributed by atoms with Crippen LogP contribution in [-0.2, 0) is 0 Å². The van der Waals surface area contributed by atoms with E-state index in [-0.39, 0.29) is 0 Å². The van der Waals surface area contributed by atoms with Crippen molar-refractivity contribution in [2.75, 3.05) is 0 Å². The summed E-state index contributed by atoms with van der Waals surface area (Å²) in [4.78, 5) is 15.8. The molecule has 0 fully saturated rings. The molecule has 304 valence electrons. The smallest absolute Gasteiger partial charge is 0.160 e. The van der Waals surface area contributed by atoms with Gasteiger partial charge in [-0.15, -0.1) is 0 Å². The molecule has 2 aromatic heterocycles. The van der Waals surface area contributed by atoms with Crippen LogP contribution in [0.2, 0.25) is 0 Å². The molecule has 0 saturated heterocycles. The van der Waals surface area contributed by atoms with Gasteiger partial charge >= 0.3 is 0 Å². The van der Waals surface area contributed by atoms with Crippen molar-refractivity contribution in [3.05, 3.63) is 225 Å². The normalized spacial score (nSPS) is 11.9. The second-order valence-corrected chi connectivity index (χ2v) is 17.4. The van der Waals surface area contributed by atoms with Gasteiger partial charge in [-0.25, -0.2) is 9.97 Å². The fourth-order valence-electron chi connectivity index (χ4n) is 10.8. The van der Waals surface area contributed by atoms with Gasteiger partial charge in [0.15, 0.2) is 5.82 Å². The molecule has 0 aliphatic heterocycles. The summed E-state index contributed by atoms with van der Waals surface area (Å²) < 4.78 is 0. The fourth-order valence-corrected chi connectivity index (χ4v) is 10.8. The van der Waals surface area contributed by atoms with Crippen LogP contribution in [0.4, 0.5) is 0 Å². The molecule has 10 aromatic carbocycles. The number of hydrogen-bond donors (Lipinski definition) is 0. The topological polar surface area (TPSA) is 38.7 Å². The molecule has 3 heteroatoms. The highest BCUT2D eigenvalue weighted by Gasteiger charge is 2.26. The van der Waals surface area contributed by atoms with Crippen LogP contribution >= 0.6 is 0 Å². The molecule has 0 radical (unpaired) electrons. The molecule has 0 amide bonds. The van der Waals surface area contributed by atoms with Crippen LogP contribution in [0.5, 0.6) is 0 Å². The molecule has 0 bridgehead atoms. The van der Waals surface area contributed by atoms with Crippen molar-refractivity contribution in [3.63, 3.8) is 0 Å². The fraction of sp³-hybridized carbons (Fsp3) is 0. The average Bonchev–Trinajstić information content (AvgIpc) is 3.90. The number of rotatable bonds is 6. The summed E-state index contributed by atoms with van der Waals surface area (Å²) in [5, 5.41) is 6.04. The van der Waals surface area contributed by atoms with Crippen molar-refractivity contribution >= 4 is 32.4 Å². The van der Waals surface area contributed by atoms with Gasteiger partial charge < -0.3 is 0 Å². The van der Waals surface area contributed by atoms with Crippen LogP contribution in [0, 0.1) is 0 Å². The second-order valence-electron chi connectivity index (χ2n) is 17.4. The van der Waals surface area contributed by atoms with Crippen molar-refractivity contribution in [3.8, 4) is 112 Å². The summed E-state index contributed by atoms with van der Waals surface area (Å²) in [7, 11) is 0. The quantitative estimate of drug-likeness (QED) is 0.167. The maximum absolute atomic E-state index is 5.62. The monoisotopic (exact) mass is 835 g/mol. The number of aromatic nitrogens is 3. The Balaban J connectivity index is 1.06. The minimum atomic E-state index is 0.674. The summed E-state index contributed by atoms with van der Waals surface area (Å²) in [6, 6.07) is 79.1. The van der Waals surface area contributed by atoms with Crippen molar-refractivity contribution in [1.82, 2.24) is 15.0 Å². The van der Waals surface area contributed by atoms with Crippen LogP contribution in [0.3, 0.4) is 0 Å². The summed E-state index contributed by atoms with van der Waals surface area (Å²) in [5.74, 6) is 0.674. The van der Waals surface area contributed by atoms with Gasteiger partial charge in [-0.05, 0) is 118 Å². The third-order valence-electron chi connectivity index (χ3n) is 13.9. The number of benzene rings is 10. The lowest BCUT2D eigenvalue weighted by Crippen LogP contribution is -1.99. The number of hydrogen-bond acceptors (Lipinski definition) is 3. The average molecular weight is 836 g/mol. The lowest BCUT2D eigenvalue weighted by molar-refractivity contribution is 1.23. The zero-order valence-electron chi connectivity index (χ0n) is 35.7. The molecule has 0 unspecified atom stereocenters. The van der Waals surface area contributed by atoms with Gasteiger partial charge in [0.2, 0.25) is 0 Å². The Bertz CT molecular complexity index is 3890. The van der Waals surface area contributed by atoms with Gasteiger partial charge in [-0.1, -0.05) is 194 Å². The number of fused-ring (bicyclic) bond motifs is 7. The highest BCUT2D eigenvalue weighted by Crippen LogP contribution is 2.52. The van der Waals surface area contributed by atoms with E-state index < -0.39 is 0 Å². The maximum atomic E-state index is 5.62. The van der Waals surface area contributed by atoms with Gasteiger partial charge in [-0.2, -0.15) is 0 Å². The molecule has 2 aliphatic rings. The van der Waals surface area contributed by atoms with Crippen molar-refractivity contribution in [1.29, 1.82) is 0 Å². The van der Waals surface area contributed by atoms with E-state index in [2.05, 4.69) is 205 Å². The molecule has 66 heavy (non-hydrogen) atoms. The van der Waals surface area contributed by atoms with Gasteiger partial charge in [0.05, 0.1) is 16.9 Å². The largest absolute Gasteiger partial charge is 0.256 e. The Labute approximate surface area is 382 Å². The SMILES string of the molecule is c1ccc(-c2ccc(-c3nc(-c4ccc(-c5ccccn5)cc4)nc4c(-c5ccc6c7c(cccc57)-c5ccccc5-6)cc(-c5ccc6c7c(cccc57)-c5ccccc5-6)cc34)cc2)cc1. The van der Waals surface area contributed by atoms with E-state index in [1.54, 1.807) is 0 Å². The van der Waals surface area contributed by atoms with Crippen molar-refractivity contribution < 1.29 is 0 Å². The number of nitrogens with zero attached hydrogens (tertiary/aromatic N) is 3. The van der Waals surface area contributed by atoms with Gasteiger partial charge in [0.25, 0.3) is 0 Å². The molecule has 2 heterocycles. The van der Waals surface area contributed by atoms with Crippen LogP contribution < -0.4 is 0 Å². The first-order chi connectivity index (χ1) is 32.7. The van der Waals surface area contributed by atoms with Crippen LogP contribution in [-0.4, -0.2) is 15.0 Å². The maximum Gasteiger partial charge on any atom is 0.160 e. The summed E-state index contributed by atoms with van der Waals surface area (Å²) in [5.41, 5.74) is 22.9. The molecule has 14 rings (SSSR count). The van der Waals surface area contributed by atoms with E-state index in [1.165, 1.54) is 77.2 Å². The van der Waals surface area contributed by atoms with E-state index in [4.69, 9.17) is 9.97 Å². The van der Waals surface area contributed by atoms with E-state index in [1.807, 2.05) is 24.4 Å². The van der Waals surface area contributed by atoms with Crippen LogP contribution in [0.1, 0.15) is 0 Å². The molecule has 0 saturated carbocycles. The Morgan fingerprint density at radius 2 is 0.758 bits per heavy atom. The predicted octanol–water partition coefficient (Wildman–Crippen LogP) is 16.6. The second kappa shape index (κ2) is 14.4. The molecular weight excluding hydrogens is 799 g/mol. The predicted molar refractivity (Wildman–Crippen MR) is 274 cm³/mol. The zero-order valence-corrected chi connectivity index (χ0v) is 35.7. The van der Waals surface area contributed by atoms with E-state index in [9.17, 15) is 0 Å². The number of pyridine rings is 1. The minimum absolute atomic E-state index is 0.674. The van der Waals surface area contributed by atoms with E-state index in [0.717, 1.165) is 61.2 Å². The first-order valence-electron chi connectivity index (χ1n) is 22.6. The van der Waals surface area contributed by atoms with E-state index >= 15 is 0 Å². The lowest BCUT2D eigenvalue weighted by Gasteiger charge is -2.18. The molecule has 12 aromatic rings. The van der Waals surface area contributed by atoms with Crippen molar-refractivity contribution in [2.45, 2.75) is 0 Å². The van der Waals surface area contributed by atoms with Gasteiger partial charge in [-0.3, -0.25) is 4.98 Å². The third-order valence-corrected chi connectivity index (χ3v) is 13.9. The standard InChI is InChI=1S/C63H37N3/c1-2-12-38(13-3-1)39-23-27-41(28-24-39)61-57-37-43(44-31-33-54-47-16-6-4-14-45(47)51-19-10-18-50(44)59(51)54)36-56(49-32-34-55-48-17-7-5-15-46(48)52-20-11-21-53(49)60(52)55)62(57)66-63(65-61)42-29-25-40(26-30-42)58-22-8-9-35-64-58/h1-37H. The Kier molecular flexibility index (Phi) is 7.98. The summed E-state index contributed by atoms with van der Waals surface area (Å²) in [6.07, 6.45) is 1.84. The Morgan fingerprint density at radius 3 is 1.39 bits per heavy atom. The third kappa shape index (κ3) is 5.54. The minimum Gasteiger partial charge on any atom is -0.256 e. The molecule has 2 aliphatic carbocycles. The lowest BCUT2D eigenvalue weighted by atomic mass is 9.88. The first-order valence-corrected chi connectivity index (χ1v) is 22.6. The molecule has 0 spiro atoms. The van der Waals surface area contributed by atoms with Gasteiger partial charge in [0.1, 0.15) is 0 Å². The van der Waals surface area contributed by atoms with Crippen LogP contribution in [0.15, 0.2) is 225 Å². The Morgan fingerprint density at radius 1 is 0.258 bits per heavy atom. The summed E-state index contributed by atoms with van der Waals surface area (Å²) in [6.45, 7) is 0. The van der Waals surface area contributed by atoms with E-state index in [0.29, 0.717) is 5.82 Å². The molecule has 0 atom stereocenters. The van der Waals surface area contributed by atoms with Gasteiger partial charge in [0, 0.05) is 33.8 Å². The molecule has 3 nitrogen and oxygen atoms in total. The van der Waals surface area contributed by atoms with Crippen LogP contribution in [0.25, 0.3) is 144 Å². The molecular formula is C63H37N3. The van der Waals surface area contributed by atoms with Crippen molar-refractivity contribution in [2.24, 2.45) is 0 Å². The zero-order chi connectivity index (χ0) is 43.3.